The number of nitrogens with zero attached hydrogens (tertiary/aromatic N) is 1. The summed E-state index contributed by atoms with van der Waals surface area (Å²) in [5.74, 6) is -0.377. The molecule has 7 heteroatoms. The highest BCUT2D eigenvalue weighted by Gasteiger charge is 2.47. The van der Waals surface area contributed by atoms with Crippen molar-refractivity contribution in [1.82, 2.24) is 10.2 Å². The minimum absolute atomic E-state index is 0.0327. The molecule has 3 aromatic rings. The molecule has 0 radical (unpaired) electrons. The molecular weight excluding hydrogens is 454 g/mol. The largest absolute Gasteiger partial charge is 0.438 e. The van der Waals surface area contributed by atoms with Gasteiger partial charge < -0.3 is 15.4 Å². The van der Waals surface area contributed by atoms with Crippen molar-refractivity contribution in [2.24, 2.45) is 0 Å². The second kappa shape index (κ2) is 11.5. The molecule has 1 fully saturated rings. The number of benzene rings is 3. The molecule has 0 spiro atoms. The quantitative estimate of drug-likeness (QED) is 0.454. The molecule has 0 aromatic heterocycles. The number of anilines is 1. The van der Waals surface area contributed by atoms with Crippen LogP contribution in [0.4, 0.5) is 10.5 Å². The van der Waals surface area contributed by atoms with Crippen LogP contribution in [0.25, 0.3) is 0 Å². The van der Waals surface area contributed by atoms with Gasteiger partial charge in [-0.1, -0.05) is 79.7 Å². The molecule has 3 amide bonds. The minimum Gasteiger partial charge on any atom is -0.438 e. The monoisotopic (exact) mass is 485 g/mol. The van der Waals surface area contributed by atoms with Gasteiger partial charge in [-0.15, -0.1) is 0 Å². The fourth-order valence-corrected chi connectivity index (χ4v) is 4.16. The zero-order valence-corrected chi connectivity index (χ0v) is 20.5. The van der Waals surface area contributed by atoms with Crippen molar-refractivity contribution in [2.75, 3.05) is 5.32 Å². The molecule has 2 N–H and O–H groups in total. The summed E-state index contributed by atoms with van der Waals surface area (Å²) in [4.78, 5) is 40.1. The third-order valence-corrected chi connectivity index (χ3v) is 6.28. The Morgan fingerprint density at radius 1 is 0.917 bits per heavy atom. The second-order valence-corrected chi connectivity index (χ2v) is 9.01. The van der Waals surface area contributed by atoms with E-state index in [0.29, 0.717) is 11.3 Å². The van der Waals surface area contributed by atoms with Crippen molar-refractivity contribution < 1.29 is 19.1 Å². The van der Waals surface area contributed by atoms with Gasteiger partial charge in [-0.3, -0.25) is 14.5 Å². The number of carbonyl (C=O) groups excluding carboxylic acids is 3. The first kappa shape index (κ1) is 25.0. The standard InChI is InChI=1S/C29H31N3O4/c1-3-20(2)30-28(34)26-27(36-29(35)32(26)19-22-12-8-5-9-13-22)23-14-16-24(17-15-23)31-25(33)18-21-10-6-4-7-11-21/h4-17,20,26-27H,3,18-19H2,1-2H3,(H,30,34)(H,31,33). The molecule has 1 heterocycles. The van der Waals surface area contributed by atoms with Gasteiger partial charge >= 0.3 is 6.09 Å². The van der Waals surface area contributed by atoms with Gasteiger partial charge in [0, 0.05) is 11.7 Å². The van der Waals surface area contributed by atoms with Gasteiger partial charge in [0.2, 0.25) is 11.8 Å². The zero-order chi connectivity index (χ0) is 25.5. The normalized spacial score (nSPS) is 17.8. The smallest absolute Gasteiger partial charge is 0.411 e. The SMILES string of the molecule is CCC(C)NC(=O)C1C(c2ccc(NC(=O)Cc3ccccc3)cc2)OC(=O)N1Cc1ccccc1. The third-order valence-electron chi connectivity index (χ3n) is 6.28. The van der Waals surface area contributed by atoms with E-state index in [1.807, 2.05) is 74.5 Å². The molecular formula is C29H31N3O4. The predicted molar refractivity (Wildman–Crippen MR) is 138 cm³/mol. The van der Waals surface area contributed by atoms with E-state index in [1.165, 1.54) is 4.90 Å². The van der Waals surface area contributed by atoms with Gasteiger partial charge in [0.05, 0.1) is 13.0 Å². The molecule has 3 unspecified atom stereocenters. The number of hydrogen-bond donors (Lipinski definition) is 2. The Morgan fingerprint density at radius 3 is 2.14 bits per heavy atom. The predicted octanol–water partition coefficient (Wildman–Crippen LogP) is 4.84. The fraction of sp³-hybridized carbons (Fsp3) is 0.276. The summed E-state index contributed by atoms with van der Waals surface area (Å²) in [6.45, 7) is 4.19. The van der Waals surface area contributed by atoms with Gasteiger partial charge in [-0.25, -0.2) is 4.79 Å². The second-order valence-electron chi connectivity index (χ2n) is 9.01. The molecule has 1 saturated heterocycles. The number of nitrogens with one attached hydrogen (secondary N) is 2. The van der Waals surface area contributed by atoms with E-state index in [4.69, 9.17) is 4.74 Å². The summed E-state index contributed by atoms with van der Waals surface area (Å²) in [5, 5.41) is 5.89. The van der Waals surface area contributed by atoms with E-state index in [9.17, 15) is 14.4 Å². The summed E-state index contributed by atoms with van der Waals surface area (Å²) >= 11 is 0. The number of carbonyl (C=O) groups is 3. The molecule has 3 aromatic carbocycles. The summed E-state index contributed by atoms with van der Waals surface area (Å²) in [5.41, 5.74) is 3.15. The van der Waals surface area contributed by atoms with Crippen LogP contribution in [0, 0.1) is 0 Å². The fourth-order valence-electron chi connectivity index (χ4n) is 4.16. The summed E-state index contributed by atoms with van der Waals surface area (Å²) in [6.07, 6.45) is -0.254. The lowest BCUT2D eigenvalue weighted by Gasteiger charge is -2.25. The first-order chi connectivity index (χ1) is 17.4. The Morgan fingerprint density at radius 2 is 1.53 bits per heavy atom. The molecule has 4 rings (SSSR count). The van der Waals surface area contributed by atoms with Crippen molar-refractivity contribution in [1.29, 1.82) is 0 Å². The summed E-state index contributed by atoms with van der Waals surface area (Å²) < 4.78 is 5.72. The van der Waals surface area contributed by atoms with Crippen LogP contribution in [0.5, 0.6) is 0 Å². The zero-order valence-electron chi connectivity index (χ0n) is 20.5. The van der Waals surface area contributed by atoms with E-state index >= 15 is 0 Å². The molecule has 3 atom stereocenters. The van der Waals surface area contributed by atoms with Crippen LogP contribution in [-0.2, 0) is 27.3 Å². The van der Waals surface area contributed by atoms with E-state index in [1.54, 1.807) is 24.3 Å². The van der Waals surface area contributed by atoms with Crippen LogP contribution in [0.15, 0.2) is 84.9 Å². The lowest BCUT2D eigenvalue weighted by atomic mass is 10.00. The minimum atomic E-state index is -0.815. The number of hydrogen-bond acceptors (Lipinski definition) is 4. The van der Waals surface area contributed by atoms with E-state index < -0.39 is 18.2 Å². The molecule has 36 heavy (non-hydrogen) atoms. The maximum atomic E-state index is 13.3. The van der Waals surface area contributed by atoms with Crippen LogP contribution < -0.4 is 10.6 Å². The maximum Gasteiger partial charge on any atom is 0.411 e. The first-order valence-electron chi connectivity index (χ1n) is 12.2. The van der Waals surface area contributed by atoms with E-state index in [-0.39, 0.29) is 30.8 Å². The van der Waals surface area contributed by atoms with E-state index in [0.717, 1.165) is 17.5 Å². The summed E-state index contributed by atoms with van der Waals surface area (Å²) in [7, 11) is 0. The van der Waals surface area contributed by atoms with Crippen molar-refractivity contribution in [3.05, 3.63) is 102 Å². The Bertz CT molecular complexity index is 1180. The van der Waals surface area contributed by atoms with Crippen molar-refractivity contribution in [2.45, 2.75) is 51.4 Å². The van der Waals surface area contributed by atoms with Crippen molar-refractivity contribution >= 4 is 23.6 Å². The Hall–Kier alpha value is -4.13. The lowest BCUT2D eigenvalue weighted by molar-refractivity contribution is -0.127. The number of cyclic esters (lactones) is 1. The van der Waals surface area contributed by atoms with E-state index in [2.05, 4.69) is 10.6 Å². The number of rotatable bonds is 9. The van der Waals surface area contributed by atoms with Gasteiger partial charge in [-0.05, 0) is 42.2 Å². The van der Waals surface area contributed by atoms with Crippen LogP contribution in [0.1, 0.15) is 43.1 Å². The van der Waals surface area contributed by atoms with Gasteiger partial charge in [0.1, 0.15) is 0 Å². The Balaban J connectivity index is 1.51. The Labute approximate surface area is 211 Å². The molecule has 1 aliphatic heterocycles. The van der Waals surface area contributed by atoms with Gasteiger partial charge in [0.15, 0.2) is 12.1 Å². The highest BCUT2D eigenvalue weighted by molar-refractivity contribution is 5.92. The molecule has 186 valence electrons. The van der Waals surface area contributed by atoms with Crippen LogP contribution >= 0.6 is 0 Å². The van der Waals surface area contributed by atoms with Crippen molar-refractivity contribution in [3.8, 4) is 0 Å². The Kier molecular flexibility index (Phi) is 8.00. The highest BCUT2D eigenvalue weighted by atomic mass is 16.6. The topological polar surface area (TPSA) is 87.7 Å². The highest BCUT2D eigenvalue weighted by Crippen LogP contribution is 2.34. The third kappa shape index (κ3) is 6.10. The molecule has 0 saturated carbocycles. The van der Waals surface area contributed by atoms with Crippen LogP contribution in [0.3, 0.4) is 0 Å². The molecule has 0 bridgehead atoms. The van der Waals surface area contributed by atoms with Crippen LogP contribution in [0.2, 0.25) is 0 Å². The van der Waals surface area contributed by atoms with Gasteiger partial charge in [0.25, 0.3) is 0 Å². The summed E-state index contributed by atoms with van der Waals surface area (Å²) in [6, 6.07) is 25.3. The lowest BCUT2D eigenvalue weighted by Crippen LogP contribution is -2.48. The average molecular weight is 486 g/mol. The molecule has 1 aliphatic rings. The maximum absolute atomic E-state index is 13.3. The molecule has 0 aliphatic carbocycles. The average Bonchev–Trinajstić information content (AvgIpc) is 3.21. The first-order valence-corrected chi connectivity index (χ1v) is 12.2. The van der Waals surface area contributed by atoms with Gasteiger partial charge in [-0.2, -0.15) is 0 Å². The molecule has 7 nitrogen and oxygen atoms in total. The van der Waals surface area contributed by atoms with Crippen molar-refractivity contribution in [3.63, 3.8) is 0 Å². The number of amides is 3. The van der Waals surface area contributed by atoms with Crippen LogP contribution in [-0.4, -0.2) is 34.9 Å². The number of ether oxygens (including phenoxy) is 1.